The Morgan fingerprint density at radius 2 is 2.19 bits per heavy atom. The van der Waals surface area contributed by atoms with Gasteiger partial charge in [0, 0.05) is 23.1 Å². The molecule has 27 heavy (non-hydrogen) atoms. The van der Waals surface area contributed by atoms with Crippen LogP contribution >= 0.6 is 22.7 Å². The maximum Gasteiger partial charge on any atom is 0.325 e. The van der Waals surface area contributed by atoms with Gasteiger partial charge in [0.1, 0.15) is 6.54 Å². The molecule has 0 saturated heterocycles. The molecule has 138 valence electrons. The zero-order valence-corrected chi connectivity index (χ0v) is 15.7. The minimum atomic E-state index is -0.518. The number of aromatic nitrogens is 1. The van der Waals surface area contributed by atoms with Gasteiger partial charge in [0.2, 0.25) is 0 Å². The summed E-state index contributed by atoms with van der Waals surface area (Å²) in [6.45, 7) is -0.158. The average Bonchev–Trinajstić information content (AvgIpc) is 3.28. The van der Waals surface area contributed by atoms with Crippen molar-refractivity contribution >= 4 is 56.5 Å². The summed E-state index contributed by atoms with van der Waals surface area (Å²) >= 11 is 2.58. The molecule has 0 bridgehead atoms. The normalized spacial score (nSPS) is 12.0. The van der Waals surface area contributed by atoms with Crippen LogP contribution in [0, 0.1) is 10.1 Å². The van der Waals surface area contributed by atoms with E-state index in [0.29, 0.717) is 10.2 Å². The molecule has 0 unspecified atom stereocenters. The Morgan fingerprint density at radius 1 is 1.37 bits per heavy atom. The van der Waals surface area contributed by atoms with Gasteiger partial charge in [-0.15, -0.1) is 11.3 Å². The zero-order chi connectivity index (χ0) is 19.4. The highest BCUT2D eigenvalue weighted by molar-refractivity contribution is 7.16. The number of carbonyl (C=O) groups is 2. The van der Waals surface area contributed by atoms with Crippen LogP contribution in [0.15, 0.2) is 46.8 Å². The fourth-order valence-electron chi connectivity index (χ4n) is 2.28. The van der Waals surface area contributed by atoms with Gasteiger partial charge in [0.25, 0.3) is 11.6 Å². The summed E-state index contributed by atoms with van der Waals surface area (Å²) in [5.74, 6) is -1.01. The molecule has 1 amide bonds. The van der Waals surface area contributed by atoms with Gasteiger partial charge in [-0.05, 0) is 23.6 Å². The lowest BCUT2D eigenvalue weighted by Gasteiger charge is -2.03. The SMILES string of the molecule is COC(=O)Cn1c(=NC(=O)C=Cc2cccs2)sc2cc([N+](=O)[O-])ccc21. The molecule has 3 rings (SSSR count). The molecular formula is C17H13N3O5S2. The van der Waals surface area contributed by atoms with Gasteiger partial charge >= 0.3 is 5.97 Å². The van der Waals surface area contributed by atoms with E-state index < -0.39 is 16.8 Å². The number of methoxy groups -OCH3 is 1. The molecular weight excluding hydrogens is 390 g/mol. The number of thiophene rings is 1. The van der Waals surface area contributed by atoms with Crippen molar-refractivity contribution in [2.45, 2.75) is 6.54 Å². The number of amides is 1. The molecule has 10 heteroatoms. The highest BCUT2D eigenvalue weighted by Gasteiger charge is 2.14. The molecule has 0 fully saturated rings. The number of nitro groups is 1. The summed E-state index contributed by atoms with van der Waals surface area (Å²) in [6, 6.07) is 7.99. The maximum atomic E-state index is 12.2. The number of non-ortho nitro benzene ring substituents is 1. The van der Waals surface area contributed by atoms with Crippen LogP contribution in [0.2, 0.25) is 0 Å². The van der Waals surface area contributed by atoms with E-state index in [-0.39, 0.29) is 17.0 Å². The summed E-state index contributed by atoms with van der Waals surface area (Å²) in [5, 5.41) is 12.9. The Kier molecular flexibility index (Phi) is 5.57. The van der Waals surface area contributed by atoms with E-state index in [9.17, 15) is 19.7 Å². The quantitative estimate of drug-likeness (QED) is 0.282. The van der Waals surface area contributed by atoms with Gasteiger partial charge in [-0.2, -0.15) is 4.99 Å². The van der Waals surface area contributed by atoms with Crippen molar-refractivity contribution < 1.29 is 19.2 Å². The molecule has 0 spiro atoms. The number of nitro benzene ring substituents is 1. The van der Waals surface area contributed by atoms with Crippen LogP contribution in [0.3, 0.4) is 0 Å². The van der Waals surface area contributed by atoms with E-state index in [0.717, 1.165) is 16.2 Å². The molecule has 1 aromatic carbocycles. The van der Waals surface area contributed by atoms with Crippen molar-refractivity contribution in [3.63, 3.8) is 0 Å². The second kappa shape index (κ2) is 8.06. The monoisotopic (exact) mass is 403 g/mol. The van der Waals surface area contributed by atoms with Crippen molar-refractivity contribution in [3.05, 3.63) is 61.6 Å². The van der Waals surface area contributed by atoms with Gasteiger partial charge in [-0.3, -0.25) is 19.7 Å². The molecule has 0 radical (unpaired) electrons. The standard InChI is InChI=1S/C17H13N3O5S2/c1-25-16(22)10-19-13-6-4-11(20(23)24)9-14(13)27-17(19)18-15(21)7-5-12-3-2-8-26-12/h2-9H,10H2,1H3. The van der Waals surface area contributed by atoms with E-state index in [2.05, 4.69) is 9.73 Å². The van der Waals surface area contributed by atoms with E-state index in [1.54, 1.807) is 6.08 Å². The molecule has 3 aromatic rings. The lowest BCUT2D eigenvalue weighted by Crippen LogP contribution is -2.22. The molecule has 0 aliphatic rings. The lowest BCUT2D eigenvalue weighted by molar-refractivity contribution is -0.384. The highest BCUT2D eigenvalue weighted by Crippen LogP contribution is 2.23. The van der Waals surface area contributed by atoms with Crippen molar-refractivity contribution in [3.8, 4) is 0 Å². The number of hydrogen-bond donors (Lipinski definition) is 0. The molecule has 0 N–H and O–H groups in total. The first-order valence-electron chi connectivity index (χ1n) is 7.63. The Labute approximate surface area is 160 Å². The third kappa shape index (κ3) is 4.36. The summed E-state index contributed by atoms with van der Waals surface area (Å²) < 4.78 is 6.74. The predicted octanol–water partition coefficient (Wildman–Crippen LogP) is 2.99. The molecule has 0 atom stereocenters. The zero-order valence-electron chi connectivity index (χ0n) is 14.0. The number of fused-ring (bicyclic) bond motifs is 1. The number of thiazole rings is 1. The molecule has 0 aliphatic carbocycles. The molecule has 0 aliphatic heterocycles. The van der Waals surface area contributed by atoms with Crippen molar-refractivity contribution in [1.82, 2.24) is 4.57 Å². The number of nitrogens with zero attached hydrogens (tertiary/aromatic N) is 3. The van der Waals surface area contributed by atoms with Crippen LogP contribution in [0.4, 0.5) is 5.69 Å². The number of benzene rings is 1. The van der Waals surface area contributed by atoms with Crippen molar-refractivity contribution in [2.24, 2.45) is 4.99 Å². The number of rotatable bonds is 5. The largest absolute Gasteiger partial charge is 0.468 e. The van der Waals surface area contributed by atoms with E-state index in [1.165, 1.54) is 47.3 Å². The Morgan fingerprint density at radius 3 is 2.85 bits per heavy atom. The summed E-state index contributed by atoms with van der Waals surface area (Å²) in [5.41, 5.74) is 0.481. The molecule has 2 aromatic heterocycles. The third-order valence-corrected chi connectivity index (χ3v) is 5.41. The third-order valence-electron chi connectivity index (χ3n) is 3.53. The Bertz CT molecular complexity index is 1110. The first-order chi connectivity index (χ1) is 13.0. The molecule has 0 saturated carbocycles. The van der Waals surface area contributed by atoms with E-state index in [4.69, 9.17) is 0 Å². The van der Waals surface area contributed by atoms with Crippen LogP contribution in [0.25, 0.3) is 16.3 Å². The first-order valence-corrected chi connectivity index (χ1v) is 9.32. The van der Waals surface area contributed by atoms with Crippen LogP contribution in [0.5, 0.6) is 0 Å². The molecule has 2 heterocycles. The second-order valence-corrected chi connectivity index (χ2v) is 7.24. The van der Waals surface area contributed by atoms with E-state index in [1.807, 2.05) is 17.5 Å². The average molecular weight is 403 g/mol. The van der Waals surface area contributed by atoms with Crippen molar-refractivity contribution in [2.75, 3.05) is 7.11 Å². The Balaban J connectivity index is 2.05. The van der Waals surface area contributed by atoms with Crippen molar-refractivity contribution in [1.29, 1.82) is 0 Å². The fourth-order valence-corrected chi connectivity index (χ4v) is 3.96. The van der Waals surface area contributed by atoms with Crippen LogP contribution in [-0.4, -0.2) is 28.5 Å². The second-order valence-electron chi connectivity index (χ2n) is 5.25. The predicted molar refractivity (Wildman–Crippen MR) is 102 cm³/mol. The number of carbonyl (C=O) groups excluding carboxylic acids is 2. The number of hydrogen-bond acceptors (Lipinski definition) is 7. The van der Waals surface area contributed by atoms with Crippen LogP contribution in [-0.2, 0) is 20.9 Å². The van der Waals surface area contributed by atoms with Gasteiger partial charge < -0.3 is 9.30 Å². The van der Waals surface area contributed by atoms with E-state index >= 15 is 0 Å². The summed E-state index contributed by atoms with van der Waals surface area (Å²) in [6.07, 6.45) is 2.99. The molecule has 8 nitrogen and oxygen atoms in total. The van der Waals surface area contributed by atoms with Gasteiger partial charge in [-0.1, -0.05) is 17.4 Å². The minimum Gasteiger partial charge on any atom is -0.468 e. The Hall–Kier alpha value is -3.11. The summed E-state index contributed by atoms with van der Waals surface area (Å²) in [4.78, 5) is 39.6. The van der Waals surface area contributed by atoms with Gasteiger partial charge in [-0.25, -0.2) is 0 Å². The number of esters is 1. The highest BCUT2D eigenvalue weighted by atomic mass is 32.1. The number of ether oxygens (including phenoxy) is 1. The topological polar surface area (TPSA) is 104 Å². The first kappa shape index (κ1) is 18.7. The summed E-state index contributed by atoms with van der Waals surface area (Å²) in [7, 11) is 1.26. The van der Waals surface area contributed by atoms with Crippen LogP contribution < -0.4 is 4.80 Å². The van der Waals surface area contributed by atoms with Crippen LogP contribution in [0.1, 0.15) is 4.88 Å². The van der Waals surface area contributed by atoms with Gasteiger partial charge in [0.15, 0.2) is 4.80 Å². The fraction of sp³-hybridized carbons (Fsp3) is 0.118. The maximum absolute atomic E-state index is 12.2. The van der Waals surface area contributed by atoms with Gasteiger partial charge in [0.05, 0.1) is 22.2 Å². The smallest absolute Gasteiger partial charge is 0.325 e. The lowest BCUT2D eigenvalue weighted by atomic mass is 10.3. The minimum absolute atomic E-state index is 0.0792.